The fourth-order valence-electron chi connectivity index (χ4n) is 1.69. The van der Waals surface area contributed by atoms with Gasteiger partial charge in [0, 0.05) is 15.8 Å². The number of thiophene rings is 1. The molecule has 0 bridgehead atoms. The summed E-state index contributed by atoms with van der Waals surface area (Å²) < 4.78 is 5.99. The second-order valence-corrected chi connectivity index (χ2v) is 5.88. The Morgan fingerprint density at radius 1 is 1.32 bits per heavy atom. The van der Waals surface area contributed by atoms with Gasteiger partial charge in [0.05, 0.1) is 5.56 Å². The van der Waals surface area contributed by atoms with Crippen molar-refractivity contribution in [2.24, 2.45) is 0 Å². The summed E-state index contributed by atoms with van der Waals surface area (Å²) in [5, 5.41) is 15.8. The normalized spacial score (nSPS) is 10.8. The predicted octanol–water partition coefficient (Wildman–Crippen LogP) is 3.86. The Morgan fingerprint density at radius 2 is 2.21 bits per heavy atom. The van der Waals surface area contributed by atoms with E-state index in [9.17, 15) is 5.11 Å². The zero-order valence-electron chi connectivity index (χ0n) is 9.71. The minimum atomic E-state index is 0.112. The van der Waals surface area contributed by atoms with Gasteiger partial charge in [-0.2, -0.15) is 4.98 Å². The molecular weight excluding hydrogens is 328 g/mol. The van der Waals surface area contributed by atoms with Crippen molar-refractivity contribution in [3.63, 3.8) is 0 Å². The summed E-state index contributed by atoms with van der Waals surface area (Å²) in [6.45, 7) is 0. The SMILES string of the molecule is Oc1cc(Br)ccc1-c1nc(Cc2cccs2)no1. The van der Waals surface area contributed by atoms with Crippen molar-refractivity contribution in [2.45, 2.75) is 6.42 Å². The molecule has 0 radical (unpaired) electrons. The van der Waals surface area contributed by atoms with Crippen LogP contribution in [0.5, 0.6) is 5.75 Å². The van der Waals surface area contributed by atoms with Crippen molar-refractivity contribution in [3.8, 4) is 17.2 Å². The quantitative estimate of drug-likeness (QED) is 0.788. The molecule has 0 aliphatic rings. The van der Waals surface area contributed by atoms with E-state index in [-0.39, 0.29) is 5.75 Å². The lowest BCUT2D eigenvalue weighted by Gasteiger charge is -1.98. The fourth-order valence-corrected chi connectivity index (χ4v) is 2.74. The lowest BCUT2D eigenvalue weighted by atomic mass is 10.2. The van der Waals surface area contributed by atoms with Gasteiger partial charge in [-0.1, -0.05) is 27.2 Å². The maximum Gasteiger partial charge on any atom is 0.261 e. The molecule has 4 nitrogen and oxygen atoms in total. The number of rotatable bonds is 3. The third kappa shape index (κ3) is 2.69. The van der Waals surface area contributed by atoms with Crippen LogP contribution in [-0.4, -0.2) is 15.2 Å². The van der Waals surface area contributed by atoms with Gasteiger partial charge in [-0.05, 0) is 29.6 Å². The molecule has 3 aromatic rings. The molecule has 2 aromatic heterocycles. The van der Waals surface area contributed by atoms with E-state index in [1.807, 2.05) is 23.6 Å². The molecule has 0 unspecified atom stereocenters. The summed E-state index contributed by atoms with van der Waals surface area (Å²) in [4.78, 5) is 5.47. The van der Waals surface area contributed by atoms with Crippen LogP contribution in [0.3, 0.4) is 0 Å². The first kappa shape index (κ1) is 12.4. The predicted molar refractivity (Wildman–Crippen MR) is 76.2 cm³/mol. The Labute approximate surface area is 121 Å². The third-order valence-corrected chi connectivity index (χ3v) is 3.94. The van der Waals surface area contributed by atoms with Crippen molar-refractivity contribution in [1.29, 1.82) is 0 Å². The number of phenolic OH excluding ortho intramolecular Hbond substituents is 1. The number of hydrogen-bond donors (Lipinski definition) is 1. The fraction of sp³-hybridized carbons (Fsp3) is 0.0769. The minimum absolute atomic E-state index is 0.112. The summed E-state index contributed by atoms with van der Waals surface area (Å²) in [5.74, 6) is 1.05. The number of aromatic hydroxyl groups is 1. The van der Waals surface area contributed by atoms with Crippen molar-refractivity contribution in [2.75, 3.05) is 0 Å². The average Bonchev–Trinajstić information content (AvgIpc) is 3.01. The lowest BCUT2D eigenvalue weighted by Crippen LogP contribution is -1.87. The Kier molecular flexibility index (Phi) is 3.35. The third-order valence-electron chi connectivity index (χ3n) is 2.57. The van der Waals surface area contributed by atoms with Crippen LogP contribution in [-0.2, 0) is 6.42 Å². The molecule has 1 N–H and O–H groups in total. The first-order valence-corrected chi connectivity index (χ1v) is 7.23. The van der Waals surface area contributed by atoms with Crippen LogP contribution < -0.4 is 0 Å². The van der Waals surface area contributed by atoms with Crippen LogP contribution in [0.25, 0.3) is 11.5 Å². The molecule has 3 rings (SSSR count). The zero-order valence-corrected chi connectivity index (χ0v) is 12.1. The number of phenols is 1. The van der Waals surface area contributed by atoms with Gasteiger partial charge in [0.15, 0.2) is 5.82 Å². The molecule has 0 atom stereocenters. The van der Waals surface area contributed by atoms with E-state index in [0.717, 1.165) is 4.47 Å². The summed E-state index contributed by atoms with van der Waals surface area (Å²) in [7, 11) is 0. The van der Waals surface area contributed by atoms with Crippen LogP contribution in [0.15, 0.2) is 44.7 Å². The Bertz CT molecular complexity index is 694. The standard InChI is InChI=1S/C13H9BrN2O2S/c14-8-3-4-10(11(17)6-8)13-15-12(16-18-13)7-9-2-1-5-19-9/h1-6,17H,7H2. The van der Waals surface area contributed by atoms with Crippen molar-refractivity contribution in [1.82, 2.24) is 10.1 Å². The molecular formula is C13H9BrN2O2S. The molecule has 6 heteroatoms. The molecule has 19 heavy (non-hydrogen) atoms. The van der Waals surface area contributed by atoms with Crippen LogP contribution in [0.4, 0.5) is 0 Å². The van der Waals surface area contributed by atoms with Gasteiger partial charge >= 0.3 is 0 Å². The molecule has 0 fully saturated rings. The highest BCUT2D eigenvalue weighted by atomic mass is 79.9. The highest BCUT2D eigenvalue weighted by Gasteiger charge is 2.13. The van der Waals surface area contributed by atoms with Crippen molar-refractivity contribution >= 4 is 27.3 Å². The first-order chi connectivity index (χ1) is 9.22. The maximum absolute atomic E-state index is 9.85. The Balaban J connectivity index is 1.88. The summed E-state index contributed by atoms with van der Waals surface area (Å²) >= 11 is 4.94. The number of benzene rings is 1. The molecule has 96 valence electrons. The second kappa shape index (κ2) is 5.14. The number of nitrogens with zero attached hydrogens (tertiary/aromatic N) is 2. The first-order valence-electron chi connectivity index (χ1n) is 5.56. The van der Waals surface area contributed by atoms with E-state index in [4.69, 9.17) is 4.52 Å². The molecule has 2 heterocycles. The van der Waals surface area contributed by atoms with Crippen LogP contribution in [0, 0.1) is 0 Å². The van der Waals surface area contributed by atoms with Crippen molar-refractivity contribution < 1.29 is 9.63 Å². The van der Waals surface area contributed by atoms with E-state index >= 15 is 0 Å². The number of hydrogen-bond acceptors (Lipinski definition) is 5. The van der Waals surface area contributed by atoms with E-state index < -0.39 is 0 Å². The zero-order chi connectivity index (χ0) is 13.2. The highest BCUT2D eigenvalue weighted by molar-refractivity contribution is 9.10. The topological polar surface area (TPSA) is 59.2 Å². The van der Waals surface area contributed by atoms with Gasteiger partial charge in [0.1, 0.15) is 5.75 Å². The van der Waals surface area contributed by atoms with Crippen LogP contribution in [0.2, 0.25) is 0 Å². The molecule has 0 saturated carbocycles. The van der Waals surface area contributed by atoms with Gasteiger partial charge < -0.3 is 9.63 Å². The Hall–Kier alpha value is -1.66. The van der Waals surface area contributed by atoms with Crippen molar-refractivity contribution in [3.05, 3.63) is 50.9 Å². The average molecular weight is 337 g/mol. The van der Waals surface area contributed by atoms with Gasteiger partial charge in [-0.3, -0.25) is 0 Å². The Morgan fingerprint density at radius 3 is 2.95 bits per heavy atom. The number of aromatic nitrogens is 2. The van der Waals surface area contributed by atoms with Gasteiger partial charge in [0.25, 0.3) is 5.89 Å². The summed E-state index contributed by atoms with van der Waals surface area (Å²) in [6, 6.07) is 9.16. The van der Waals surface area contributed by atoms with E-state index in [2.05, 4.69) is 26.1 Å². The monoisotopic (exact) mass is 336 g/mol. The van der Waals surface area contributed by atoms with E-state index in [1.165, 1.54) is 4.88 Å². The lowest BCUT2D eigenvalue weighted by molar-refractivity contribution is 0.418. The minimum Gasteiger partial charge on any atom is -0.507 e. The van der Waals surface area contributed by atoms with E-state index in [1.54, 1.807) is 23.5 Å². The summed E-state index contributed by atoms with van der Waals surface area (Å²) in [6.07, 6.45) is 0.637. The second-order valence-electron chi connectivity index (χ2n) is 3.93. The van der Waals surface area contributed by atoms with Crippen LogP contribution in [0.1, 0.15) is 10.7 Å². The molecule has 0 saturated heterocycles. The molecule has 0 spiro atoms. The van der Waals surface area contributed by atoms with Gasteiger partial charge in [0.2, 0.25) is 0 Å². The highest BCUT2D eigenvalue weighted by Crippen LogP contribution is 2.30. The summed E-state index contributed by atoms with van der Waals surface area (Å²) in [5.41, 5.74) is 0.535. The largest absolute Gasteiger partial charge is 0.507 e. The number of halogens is 1. The van der Waals surface area contributed by atoms with Gasteiger partial charge in [-0.15, -0.1) is 11.3 Å². The van der Waals surface area contributed by atoms with E-state index in [0.29, 0.717) is 23.7 Å². The molecule has 0 amide bonds. The molecule has 0 aliphatic carbocycles. The molecule has 0 aliphatic heterocycles. The maximum atomic E-state index is 9.85. The smallest absolute Gasteiger partial charge is 0.261 e. The van der Waals surface area contributed by atoms with Gasteiger partial charge in [-0.25, -0.2) is 0 Å². The van der Waals surface area contributed by atoms with Crippen LogP contribution >= 0.6 is 27.3 Å². The molecule has 1 aromatic carbocycles.